The average molecular weight is 441 g/mol. The highest BCUT2D eigenvalue weighted by Crippen LogP contribution is 2.25. The summed E-state index contributed by atoms with van der Waals surface area (Å²) in [7, 11) is 1.31. The van der Waals surface area contributed by atoms with E-state index in [-0.39, 0.29) is 37.6 Å². The third kappa shape index (κ3) is 10.7. The first kappa shape index (κ1) is 26.2. The number of hydrogen-bond acceptors (Lipinski definition) is 6. The number of aryl methyl sites for hydroxylation is 2. The maximum atomic E-state index is 14.9. The van der Waals surface area contributed by atoms with Gasteiger partial charge in [-0.2, -0.15) is 0 Å². The Morgan fingerprint density at radius 1 is 1.19 bits per heavy atom. The van der Waals surface area contributed by atoms with Gasteiger partial charge in [0.25, 0.3) is 0 Å². The molecule has 1 atom stereocenters. The molecule has 1 rings (SSSR count). The van der Waals surface area contributed by atoms with Crippen LogP contribution < -0.4 is 15.8 Å². The van der Waals surface area contributed by atoms with Crippen LogP contribution >= 0.6 is 0 Å². The van der Waals surface area contributed by atoms with Crippen molar-refractivity contribution in [3.8, 4) is 5.75 Å². The van der Waals surface area contributed by atoms with E-state index in [1.807, 2.05) is 0 Å². The van der Waals surface area contributed by atoms with E-state index in [0.717, 1.165) is 5.56 Å². The van der Waals surface area contributed by atoms with E-state index in [4.69, 9.17) is 15.2 Å². The Kier molecular flexibility index (Phi) is 10.2. The van der Waals surface area contributed by atoms with Crippen LogP contribution in [0.2, 0.25) is 0 Å². The van der Waals surface area contributed by atoms with Gasteiger partial charge in [-0.3, -0.25) is 9.59 Å². The molecule has 0 spiro atoms. The number of nitrogens with two attached hydrogens (primary N) is 1. The van der Waals surface area contributed by atoms with Gasteiger partial charge in [-0.1, -0.05) is 6.07 Å². The van der Waals surface area contributed by atoms with E-state index in [2.05, 4.69) is 10.1 Å². The Bertz CT molecular complexity index is 776. The maximum Gasteiger partial charge on any atom is 0.407 e. The minimum absolute atomic E-state index is 0.0267. The van der Waals surface area contributed by atoms with Crippen molar-refractivity contribution >= 4 is 18.0 Å². The molecule has 3 N–H and O–H groups in total. The van der Waals surface area contributed by atoms with Gasteiger partial charge in [0.1, 0.15) is 12.2 Å². The minimum Gasteiger partial charge on any atom is -0.488 e. The van der Waals surface area contributed by atoms with E-state index < -0.39 is 29.5 Å². The summed E-state index contributed by atoms with van der Waals surface area (Å²) in [5.74, 6) is -1.37. The van der Waals surface area contributed by atoms with Crippen LogP contribution in [-0.4, -0.2) is 43.3 Å². The monoisotopic (exact) mass is 440 g/mol. The van der Waals surface area contributed by atoms with Crippen LogP contribution in [0.25, 0.3) is 0 Å². The summed E-state index contributed by atoms with van der Waals surface area (Å²) in [6.45, 7) is 6.91. The van der Waals surface area contributed by atoms with Crippen LogP contribution in [0.5, 0.6) is 5.75 Å². The molecule has 1 unspecified atom stereocenters. The van der Waals surface area contributed by atoms with Crippen LogP contribution in [0.1, 0.15) is 57.6 Å². The summed E-state index contributed by atoms with van der Waals surface area (Å²) in [6.07, 6.45) is 0.551. The molecule has 1 aromatic rings. The number of hydrogen-bond donors (Lipinski definition) is 2. The third-order valence-corrected chi connectivity index (χ3v) is 4.21. The Balaban J connectivity index is 2.84. The van der Waals surface area contributed by atoms with Crippen LogP contribution in [0.15, 0.2) is 12.1 Å². The van der Waals surface area contributed by atoms with E-state index in [1.165, 1.54) is 7.11 Å². The molecular weight excluding hydrogens is 407 g/mol. The lowest BCUT2D eigenvalue weighted by atomic mass is 10.0. The van der Waals surface area contributed by atoms with Crippen LogP contribution in [0.4, 0.5) is 9.18 Å². The van der Waals surface area contributed by atoms with Crippen molar-refractivity contribution in [3.63, 3.8) is 0 Å². The second kappa shape index (κ2) is 12.1. The first-order valence-corrected chi connectivity index (χ1v) is 10.2. The number of nitrogens with one attached hydrogen (secondary N) is 1. The summed E-state index contributed by atoms with van der Waals surface area (Å²) in [5.41, 5.74) is 5.73. The van der Waals surface area contributed by atoms with Gasteiger partial charge < -0.3 is 25.3 Å². The molecule has 0 aromatic heterocycles. The lowest BCUT2D eigenvalue weighted by molar-refractivity contribution is -0.140. The van der Waals surface area contributed by atoms with Crippen molar-refractivity contribution in [2.45, 2.75) is 71.4 Å². The standard InChI is InChI=1S/C22H33FN2O6/c1-14-11-15(7-6-8-19(27)29-5)20(23)17(12-14)30-13-16(9-10-18(24)26)25-21(28)31-22(2,3)4/h11-12,16H,6-10,13H2,1-5H3,(H2,24,26)(H,25,28). The molecule has 9 heteroatoms. The quantitative estimate of drug-likeness (QED) is 0.511. The molecule has 31 heavy (non-hydrogen) atoms. The van der Waals surface area contributed by atoms with Gasteiger partial charge in [0.15, 0.2) is 11.6 Å². The second-order valence-electron chi connectivity index (χ2n) is 8.32. The summed E-state index contributed by atoms with van der Waals surface area (Å²) >= 11 is 0. The van der Waals surface area contributed by atoms with Crippen LogP contribution in [-0.2, 0) is 25.5 Å². The summed E-state index contributed by atoms with van der Waals surface area (Å²) in [4.78, 5) is 34.5. The van der Waals surface area contributed by atoms with Crippen molar-refractivity contribution < 1.29 is 33.0 Å². The van der Waals surface area contributed by atoms with Crippen molar-refractivity contribution in [2.75, 3.05) is 13.7 Å². The second-order valence-corrected chi connectivity index (χ2v) is 8.32. The summed E-state index contributed by atoms with van der Waals surface area (Å²) in [6, 6.07) is 2.64. The molecule has 174 valence electrons. The molecule has 0 aliphatic carbocycles. The van der Waals surface area contributed by atoms with Gasteiger partial charge in [-0.15, -0.1) is 0 Å². The third-order valence-electron chi connectivity index (χ3n) is 4.21. The minimum atomic E-state index is -0.694. The van der Waals surface area contributed by atoms with Gasteiger partial charge in [-0.05, 0) is 64.2 Å². The zero-order valence-corrected chi connectivity index (χ0v) is 18.9. The van der Waals surface area contributed by atoms with Gasteiger partial charge >= 0.3 is 12.1 Å². The number of alkyl carbamates (subject to hydrolysis) is 1. The lowest BCUT2D eigenvalue weighted by Gasteiger charge is -2.24. The fraction of sp³-hybridized carbons (Fsp3) is 0.591. The molecule has 0 saturated heterocycles. The molecule has 2 amide bonds. The molecular formula is C22H33FN2O6. The number of rotatable bonds is 11. The molecule has 0 radical (unpaired) electrons. The van der Waals surface area contributed by atoms with Crippen molar-refractivity contribution in [1.82, 2.24) is 5.32 Å². The largest absolute Gasteiger partial charge is 0.488 e. The van der Waals surface area contributed by atoms with Gasteiger partial charge in [-0.25, -0.2) is 9.18 Å². The van der Waals surface area contributed by atoms with Crippen molar-refractivity contribution in [1.29, 1.82) is 0 Å². The Hall–Kier alpha value is -2.84. The van der Waals surface area contributed by atoms with Crippen LogP contribution in [0, 0.1) is 12.7 Å². The fourth-order valence-electron chi connectivity index (χ4n) is 2.80. The highest BCUT2D eigenvalue weighted by molar-refractivity contribution is 5.74. The van der Waals surface area contributed by atoms with Crippen LogP contribution in [0.3, 0.4) is 0 Å². The zero-order valence-electron chi connectivity index (χ0n) is 18.9. The molecule has 0 saturated carbocycles. The van der Waals surface area contributed by atoms with E-state index >= 15 is 0 Å². The van der Waals surface area contributed by atoms with Gasteiger partial charge in [0.2, 0.25) is 5.91 Å². The smallest absolute Gasteiger partial charge is 0.407 e. The number of methoxy groups -OCH3 is 1. The first-order valence-electron chi connectivity index (χ1n) is 10.2. The Morgan fingerprint density at radius 3 is 2.45 bits per heavy atom. The Labute approximate surface area is 182 Å². The Morgan fingerprint density at radius 2 is 1.87 bits per heavy atom. The molecule has 0 aliphatic heterocycles. The number of benzene rings is 1. The predicted octanol–water partition coefficient (Wildman–Crippen LogP) is 3.17. The van der Waals surface area contributed by atoms with Gasteiger partial charge in [0.05, 0.1) is 13.2 Å². The number of carbonyl (C=O) groups is 3. The fourth-order valence-corrected chi connectivity index (χ4v) is 2.80. The molecule has 0 heterocycles. The van der Waals surface area contributed by atoms with Crippen molar-refractivity contribution in [2.24, 2.45) is 5.73 Å². The topological polar surface area (TPSA) is 117 Å². The lowest BCUT2D eigenvalue weighted by Crippen LogP contribution is -2.42. The summed E-state index contributed by atoms with van der Waals surface area (Å²) < 4.78 is 30.3. The maximum absolute atomic E-state index is 14.9. The highest BCUT2D eigenvalue weighted by Gasteiger charge is 2.21. The first-order chi connectivity index (χ1) is 14.4. The molecule has 0 fully saturated rings. The number of carbonyl (C=O) groups excluding carboxylic acids is 3. The SMILES string of the molecule is COC(=O)CCCc1cc(C)cc(OCC(CCC(N)=O)NC(=O)OC(C)(C)C)c1F. The highest BCUT2D eigenvalue weighted by atomic mass is 19.1. The number of esters is 1. The predicted molar refractivity (Wildman–Crippen MR) is 113 cm³/mol. The molecule has 8 nitrogen and oxygen atoms in total. The van der Waals surface area contributed by atoms with E-state index in [1.54, 1.807) is 39.8 Å². The number of ether oxygens (including phenoxy) is 3. The van der Waals surface area contributed by atoms with E-state index in [9.17, 15) is 18.8 Å². The molecule has 1 aromatic carbocycles. The molecule has 0 aliphatic rings. The summed E-state index contributed by atoms with van der Waals surface area (Å²) in [5, 5.41) is 2.63. The number of halogens is 1. The van der Waals surface area contributed by atoms with Gasteiger partial charge in [0, 0.05) is 12.8 Å². The van der Waals surface area contributed by atoms with Crippen molar-refractivity contribution in [3.05, 3.63) is 29.1 Å². The van der Waals surface area contributed by atoms with E-state index in [0.29, 0.717) is 18.4 Å². The molecule has 0 bridgehead atoms. The average Bonchev–Trinajstić information content (AvgIpc) is 2.65. The normalized spacial score (nSPS) is 12.1. The number of primary amides is 1. The zero-order chi connectivity index (χ0) is 23.6. The number of amides is 2.